The molecule has 3 saturated heterocycles. The molecule has 18 N–H and O–H groups in total. The normalized spacial score (nSPS) is 42.3. The first-order valence-electron chi connectivity index (χ1n) is 18.3. The number of aliphatic hydroxyl groups is 7. The smallest absolute Gasteiger partial charge is 0.322 e. The average molecular weight is 833 g/mol. The topological polar surface area (TPSA) is 396 Å². The largest absolute Gasteiger partial charge is 0.861 e. The van der Waals surface area contributed by atoms with E-state index in [1.54, 1.807) is 44.2 Å². The molecule has 0 spiro atoms. The monoisotopic (exact) mass is 832 g/mol. The van der Waals surface area contributed by atoms with E-state index >= 15 is 0 Å². The molecule has 0 bridgehead atoms. The second-order valence-electron chi connectivity index (χ2n) is 15.2. The first-order chi connectivity index (χ1) is 26.8. The lowest BCUT2D eigenvalue weighted by Gasteiger charge is -2.48. The van der Waals surface area contributed by atoms with Crippen LogP contribution in [-0.2, 0) is 28.5 Å². The number of thioether (sulfide) groups is 1. The number of carbonyl (C=O) groups excluding carboxylic acids is 1. The third-order valence-electron chi connectivity index (χ3n) is 10.7. The van der Waals surface area contributed by atoms with Crippen molar-refractivity contribution >= 4 is 29.5 Å². The zero-order valence-corrected chi connectivity index (χ0v) is 31.9. The highest BCUT2D eigenvalue weighted by Crippen LogP contribution is 2.40. The maximum absolute atomic E-state index is 13.8. The van der Waals surface area contributed by atoms with Crippen LogP contribution in [0.1, 0.15) is 31.9 Å². The van der Waals surface area contributed by atoms with Gasteiger partial charge in [-0.05, 0) is 31.7 Å². The number of benzene rings is 1. The van der Waals surface area contributed by atoms with Crippen LogP contribution in [0.3, 0.4) is 0 Å². The minimum absolute atomic E-state index is 0.0505. The van der Waals surface area contributed by atoms with Gasteiger partial charge in [0.05, 0.1) is 24.1 Å². The number of rotatable bonds is 13. The molecule has 1 aromatic carbocycles. The Bertz CT molecular complexity index is 1550. The van der Waals surface area contributed by atoms with Gasteiger partial charge in [-0.1, -0.05) is 30.3 Å². The lowest BCUT2D eigenvalue weighted by molar-refractivity contribution is -0.332. The maximum Gasteiger partial charge on any atom is 0.322 e. The van der Waals surface area contributed by atoms with E-state index in [4.69, 9.17) is 41.9 Å². The molecule has 3 aliphatic heterocycles. The zero-order chi connectivity index (χ0) is 42.1. The fraction of sp³-hybridized carbons (Fsp3) is 0.735. The SMILES string of the molecule is CC1(C)S[C@H]([C@H](N=C([O-])[C@H](N)c2ccccc2)C(=O)NC[C@H]2O[C@H](O[C@H]3[C@H](O)[C@@H](O[C@H]4O[C@H](CO)[C@@H](O)[C@H](N)[C@H]4O)[C@H](N)C[C@@H]3N)[C@H](O)[C@@H](O)[C@@H]2O)N[C@H]1C(=O)O. The van der Waals surface area contributed by atoms with Crippen LogP contribution in [0.2, 0.25) is 0 Å². The van der Waals surface area contributed by atoms with Crippen molar-refractivity contribution in [3.05, 3.63) is 35.9 Å². The Morgan fingerprint density at radius 1 is 0.930 bits per heavy atom. The van der Waals surface area contributed by atoms with Gasteiger partial charge in [0.15, 0.2) is 18.6 Å². The number of hydrogen-bond donors (Lipinski definition) is 14. The molecule has 0 radical (unpaired) electrons. The zero-order valence-electron chi connectivity index (χ0n) is 31.1. The Morgan fingerprint density at radius 2 is 1.51 bits per heavy atom. The van der Waals surface area contributed by atoms with E-state index in [-0.39, 0.29) is 6.42 Å². The highest BCUT2D eigenvalue weighted by atomic mass is 32.2. The van der Waals surface area contributed by atoms with E-state index in [0.717, 1.165) is 11.8 Å². The van der Waals surface area contributed by atoms with E-state index in [9.17, 15) is 55.5 Å². The fourth-order valence-electron chi connectivity index (χ4n) is 7.28. The molecule has 57 heavy (non-hydrogen) atoms. The number of carboxylic acids is 1. The molecule has 0 aromatic heterocycles. The summed E-state index contributed by atoms with van der Waals surface area (Å²) in [4.78, 5) is 29.9. The van der Waals surface area contributed by atoms with Crippen molar-refractivity contribution in [2.75, 3.05) is 13.2 Å². The Hall–Kier alpha value is -2.66. The van der Waals surface area contributed by atoms with Gasteiger partial charge in [0.25, 0.3) is 0 Å². The summed E-state index contributed by atoms with van der Waals surface area (Å²) in [5.41, 5.74) is 25.0. The second kappa shape index (κ2) is 18.7. The van der Waals surface area contributed by atoms with Crippen LogP contribution in [0.5, 0.6) is 0 Å². The van der Waals surface area contributed by atoms with Gasteiger partial charge in [-0.25, -0.2) is 0 Å². The highest BCUT2D eigenvalue weighted by molar-refractivity contribution is 8.01. The molecule has 1 saturated carbocycles. The van der Waals surface area contributed by atoms with E-state index in [1.165, 1.54) is 0 Å². The van der Waals surface area contributed by atoms with Gasteiger partial charge in [0.1, 0.15) is 67.1 Å². The molecule has 5 rings (SSSR count). The van der Waals surface area contributed by atoms with Crippen molar-refractivity contribution < 1.29 is 74.5 Å². The summed E-state index contributed by atoms with van der Waals surface area (Å²) in [6.45, 7) is 2.07. The lowest BCUT2D eigenvalue weighted by atomic mass is 9.84. The number of aliphatic imine (C=N–C) groups is 1. The number of carboxylic acid groups (broad SMARTS) is 1. The number of nitrogens with zero attached hydrogens (tertiary/aromatic N) is 1. The molecule has 1 aromatic rings. The van der Waals surface area contributed by atoms with E-state index < -0.39 is 151 Å². The van der Waals surface area contributed by atoms with Crippen LogP contribution in [0.4, 0.5) is 0 Å². The van der Waals surface area contributed by atoms with Gasteiger partial charge in [0, 0.05) is 23.4 Å². The van der Waals surface area contributed by atoms with Gasteiger partial charge in [-0.2, -0.15) is 0 Å². The lowest BCUT2D eigenvalue weighted by Crippen LogP contribution is -2.68. The Labute approximate surface area is 331 Å². The van der Waals surface area contributed by atoms with Crippen molar-refractivity contribution in [1.29, 1.82) is 0 Å². The molecular weight excluding hydrogens is 778 g/mol. The third-order valence-corrected chi connectivity index (χ3v) is 12.2. The minimum atomic E-state index is -1.92. The van der Waals surface area contributed by atoms with Crippen LogP contribution in [0.25, 0.3) is 0 Å². The van der Waals surface area contributed by atoms with E-state index in [1.807, 2.05) is 0 Å². The number of nitrogens with one attached hydrogen (secondary N) is 2. The summed E-state index contributed by atoms with van der Waals surface area (Å²) in [6, 6.07) is 1.06. The van der Waals surface area contributed by atoms with E-state index in [0.29, 0.717) is 5.56 Å². The average Bonchev–Trinajstić information content (AvgIpc) is 3.50. The van der Waals surface area contributed by atoms with Crippen LogP contribution in [0, 0.1) is 0 Å². The van der Waals surface area contributed by atoms with Crippen molar-refractivity contribution in [3.63, 3.8) is 0 Å². The Morgan fingerprint density at radius 3 is 2.07 bits per heavy atom. The molecule has 4 aliphatic rings. The van der Waals surface area contributed by atoms with Crippen LogP contribution < -0.4 is 38.7 Å². The fourth-order valence-corrected chi connectivity index (χ4v) is 8.76. The Kier molecular flexibility index (Phi) is 14.9. The van der Waals surface area contributed by atoms with Gasteiger partial charge in [-0.3, -0.25) is 19.9 Å². The summed E-state index contributed by atoms with van der Waals surface area (Å²) >= 11 is 1.07. The number of nitrogens with two attached hydrogens (primary N) is 4. The summed E-state index contributed by atoms with van der Waals surface area (Å²) in [6.07, 6.45) is -19.2. The van der Waals surface area contributed by atoms with Gasteiger partial charge in [0.2, 0.25) is 5.91 Å². The Balaban J connectivity index is 1.30. The number of aliphatic hydroxyl groups excluding tert-OH is 7. The van der Waals surface area contributed by atoms with Crippen LogP contribution in [-0.4, -0.2) is 186 Å². The minimum Gasteiger partial charge on any atom is -0.861 e. The molecule has 1 aliphatic carbocycles. The summed E-state index contributed by atoms with van der Waals surface area (Å²) in [5.74, 6) is -2.96. The van der Waals surface area contributed by atoms with Crippen LogP contribution >= 0.6 is 11.8 Å². The first kappa shape index (κ1) is 45.4. The maximum atomic E-state index is 13.8. The summed E-state index contributed by atoms with van der Waals surface area (Å²) < 4.78 is 22.0. The molecule has 1 amide bonds. The number of carbonyl (C=O) groups is 2. The van der Waals surface area contributed by atoms with Crippen molar-refractivity contribution in [2.45, 2.75) is 140 Å². The van der Waals surface area contributed by atoms with Crippen molar-refractivity contribution in [2.24, 2.45) is 27.9 Å². The molecule has 0 unspecified atom stereocenters. The first-order valence-corrected chi connectivity index (χ1v) is 19.2. The van der Waals surface area contributed by atoms with E-state index in [2.05, 4.69) is 15.6 Å². The summed E-state index contributed by atoms with van der Waals surface area (Å²) in [5, 5.41) is 102. The predicted octanol–water partition coefficient (Wildman–Crippen LogP) is -7.41. The number of amides is 1. The number of ether oxygens (including phenoxy) is 4. The second-order valence-corrected chi connectivity index (χ2v) is 17.0. The molecular formula is C34H54N7O15S-. The van der Waals surface area contributed by atoms with Gasteiger partial charge in [-0.15, -0.1) is 11.8 Å². The predicted molar refractivity (Wildman–Crippen MR) is 196 cm³/mol. The van der Waals surface area contributed by atoms with Gasteiger partial charge < -0.3 is 93.2 Å². The molecule has 4 fully saturated rings. The standard InChI is InChI=1S/C34H55N7O15S/c1-34(2)27(31(51)52)41-30(57-34)18(40-28(49)16(37)11-6-4-3-5-7-11)29(50)39-9-14-20(44)22(46)23(47)33(53-14)56-26-13(36)8-12(35)25(24(26)48)55-32-21(45)17(38)19(43)15(10-42)54-32/h3-7,12-27,30,32-33,41-48H,8-10,35-38H2,1-2H3,(H,39,50)(H,40,49)(H,51,52)/p-1/t12-,13+,14-,15-,16-,17+,18-,19-,20-,21-,22+,23-,24-,25+,26-,27+,30-,32-,33-/m1/s1. The third kappa shape index (κ3) is 9.87. The van der Waals surface area contributed by atoms with Crippen LogP contribution in [0.15, 0.2) is 35.3 Å². The summed E-state index contributed by atoms with van der Waals surface area (Å²) in [7, 11) is 0. The molecule has 22 nitrogen and oxygen atoms in total. The van der Waals surface area contributed by atoms with Crippen molar-refractivity contribution in [3.8, 4) is 0 Å². The van der Waals surface area contributed by atoms with Crippen molar-refractivity contribution in [1.82, 2.24) is 10.6 Å². The molecule has 322 valence electrons. The number of aliphatic carboxylic acids is 1. The highest BCUT2D eigenvalue weighted by Gasteiger charge is 2.53. The quantitative estimate of drug-likeness (QED) is 0.0648. The molecule has 3 heterocycles. The number of hydrogen-bond acceptors (Lipinski definition) is 21. The van der Waals surface area contributed by atoms with Gasteiger partial charge >= 0.3 is 5.97 Å². The molecule has 23 heteroatoms. The molecule has 19 atom stereocenters.